The van der Waals surface area contributed by atoms with E-state index in [0.717, 1.165) is 48.5 Å². The number of methoxy groups -OCH3 is 2. The maximum absolute atomic E-state index is 15.6. The lowest BCUT2D eigenvalue weighted by Gasteiger charge is -2.34. The third-order valence-corrected chi connectivity index (χ3v) is 8.63. The quantitative estimate of drug-likeness (QED) is 0.363. The van der Waals surface area contributed by atoms with Crippen molar-refractivity contribution in [1.29, 1.82) is 0 Å². The van der Waals surface area contributed by atoms with Gasteiger partial charge in [-0.3, -0.25) is 4.79 Å². The second-order valence-electron chi connectivity index (χ2n) is 12.0. The third-order valence-electron chi connectivity index (χ3n) is 8.63. The van der Waals surface area contributed by atoms with Crippen LogP contribution in [0.15, 0.2) is 88.0 Å². The van der Waals surface area contributed by atoms with E-state index in [2.05, 4.69) is 56.7 Å². The summed E-state index contributed by atoms with van der Waals surface area (Å²) in [5.74, 6) is 1.91. The van der Waals surface area contributed by atoms with Crippen molar-refractivity contribution in [3.05, 3.63) is 83.8 Å². The number of hydrogen-bond donors (Lipinski definition) is 3. The average molecular weight is 645 g/mol. The molecule has 248 valence electrons. The zero-order valence-electron chi connectivity index (χ0n) is 27.0. The van der Waals surface area contributed by atoms with E-state index in [-0.39, 0.29) is 18.0 Å². The highest BCUT2D eigenvalue weighted by Gasteiger charge is 2.30. The number of benzene rings is 1. The Kier molecular flexibility index (Phi) is 9.71. The molecule has 12 nitrogen and oxygen atoms in total. The molecule has 0 bridgehead atoms. The monoisotopic (exact) mass is 644 g/mol. The number of anilines is 1. The molecule has 3 aliphatic heterocycles. The van der Waals surface area contributed by atoms with Gasteiger partial charge in [0.1, 0.15) is 23.2 Å². The number of rotatable bonds is 8. The molecule has 1 saturated heterocycles. The van der Waals surface area contributed by atoms with E-state index < -0.39 is 5.82 Å². The highest BCUT2D eigenvalue weighted by molar-refractivity contribution is 5.96. The van der Waals surface area contributed by atoms with Gasteiger partial charge in [-0.1, -0.05) is 13.5 Å². The molecule has 3 N–H and O–H groups in total. The molecule has 13 heteroatoms. The molecule has 1 aromatic heterocycles. The number of nitrogens with one attached hydrogen (secondary N) is 3. The number of aliphatic imine (C=N–C) groups is 2. The second-order valence-corrected chi connectivity index (χ2v) is 12.0. The number of amides is 1. The number of ether oxygens (including phenoxy) is 3. The zero-order chi connectivity index (χ0) is 32.9. The van der Waals surface area contributed by atoms with Crippen molar-refractivity contribution in [2.75, 3.05) is 45.7 Å². The number of likely N-dealkylation sites (tertiary alicyclic amines) is 1. The van der Waals surface area contributed by atoms with Crippen LogP contribution in [0.25, 0.3) is 0 Å². The zero-order valence-corrected chi connectivity index (χ0v) is 27.0. The van der Waals surface area contributed by atoms with Crippen LogP contribution in [0, 0.1) is 11.7 Å². The Hall–Kier alpha value is -4.91. The average Bonchev–Trinajstić information content (AvgIpc) is 3.50. The standard InChI is InChI=1S/C34H41FN8O4/c1-5-33(44)42-13-9-22(10-14-42)38-29-18-24-27(19-30(29)45-3)37-20-21(2)16-28(24)39-26-7-6-23(17-25(26)35)47-32-11-15-43(41-32)31-8-12-36-34(40-31)46-4/h5-7,11,15,17-19,21-22,27,37-39H,1,8-10,12-14,16,20H2,2-4H3. The number of carbonyl (C=O) groups excluding carboxylic acids is 1. The van der Waals surface area contributed by atoms with Crippen molar-refractivity contribution in [1.82, 2.24) is 25.3 Å². The molecule has 47 heavy (non-hydrogen) atoms. The van der Waals surface area contributed by atoms with Gasteiger partial charge in [-0.15, -0.1) is 5.10 Å². The summed E-state index contributed by atoms with van der Waals surface area (Å²) < 4.78 is 34.0. The summed E-state index contributed by atoms with van der Waals surface area (Å²) in [6, 6.07) is 6.84. The predicted molar refractivity (Wildman–Crippen MR) is 178 cm³/mol. The van der Waals surface area contributed by atoms with E-state index in [4.69, 9.17) is 14.2 Å². The number of nitrogens with zero attached hydrogens (tertiary/aromatic N) is 5. The number of aromatic nitrogens is 2. The smallest absolute Gasteiger partial charge is 0.313 e. The molecule has 2 aromatic rings. The van der Waals surface area contributed by atoms with Crippen LogP contribution in [-0.2, 0) is 14.3 Å². The lowest BCUT2D eigenvalue weighted by atomic mass is 9.94. The first kappa shape index (κ1) is 32.0. The highest BCUT2D eigenvalue weighted by Crippen LogP contribution is 2.33. The van der Waals surface area contributed by atoms with E-state index in [1.165, 1.54) is 19.3 Å². The number of allylic oxidation sites excluding steroid dienone is 1. The fourth-order valence-electron chi connectivity index (χ4n) is 6.14. The molecule has 2 unspecified atom stereocenters. The Labute approximate surface area is 273 Å². The fraction of sp³-hybridized carbons (Fsp3) is 0.412. The Morgan fingerprint density at radius 3 is 2.77 bits per heavy atom. The maximum Gasteiger partial charge on any atom is 0.313 e. The van der Waals surface area contributed by atoms with Gasteiger partial charge in [0.05, 0.1) is 38.2 Å². The van der Waals surface area contributed by atoms with Gasteiger partial charge >= 0.3 is 6.02 Å². The van der Waals surface area contributed by atoms with E-state index >= 15 is 4.39 Å². The third kappa shape index (κ3) is 7.40. The van der Waals surface area contributed by atoms with Crippen LogP contribution in [0.2, 0.25) is 0 Å². The first-order chi connectivity index (χ1) is 22.8. The molecule has 0 spiro atoms. The first-order valence-corrected chi connectivity index (χ1v) is 15.9. The van der Waals surface area contributed by atoms with E-state index in [9.17, 15) is 4.79 Å². The van der Waals surface area contributed by atoms with Crippen LogP contribution in [0.1, 0.15) is 32.6 Å². The highest BCUT2D eigenvalue weighted by atomic mass is 19.1. The minimum Gasteiger partial charge on any atom is -0.495 e. The molecule has 4 aliphatic rings. The van der Waals surface area contributed by atoms with Crippen LogP contribution >= 0.6 is 0 Å². The predicted octanol–water partition coefficient (Wildman–Crippen LogP) is 4.33. The number of amidine groups is 1. The minimum absolute atomic E-state index is 0.0370. The molecule has 0 radical (unpaired) electrons. The van der Waals surface area contributed by atoms with Gasteiger partial charge in [-0.25, -0.2) is 14.1 Å². The van der Waals surface area contributed by atoms with Crippen LogP contribution in [-0.4, -0.2) is 84.9 Å². The Morgan fingerprint density at radius 1 is 1.19 bits per heavy atom. The summed E-state index contributed by atoms with van der Waals surface area (Å²) in [6.07, 6.45) is 10.2. The van der Waals surface area contributed by atoms with Gasteiger partial charge in [0.15, 0.2) is 0 Å². The van der Waals surface area contributed by atoms with Crippen LogP contribution in [0.3, 0.4) is 0 Å². The topological polar surface area (TPSA) is 127 Å². The Bertz CT molecular complexity index is 1670. The van der Waals surface area contributed by atoms with Crippen molar-refractivity contribution >= 4 is 23.5 Å². The van der Waals surface area contributed by atoms with Gasteiger partial charge in [0.2, 0.25) is 11.8 Å². The molecule has 1 aromatic carbocycles. The summed E-state index contributed by atoms with van der Waals surface area (Å²) in [6.45, 7) is 8.46. The molecule has 1 fully saturated rings. The number of carbonyl (C=O) groups is 1. The van der Waals surface area contributed by atoms with Gasteiger partial charge in [-0.2, -0.15) is 4.99 Å². The Balaban J connectivity index is 1.19. The summed E-state index contributed by atoms with van der Waals surface area (Å²) in [5.41, 5.74) is 3.18. The van der Waals surface area contributed by atoms with Gasteiger partial charge < -0.3 is 35.1 Å². The van der Waals surface area contributed by atoms with E-state index in [1.54, 1.807) is 36.2 Å². The number of hydrogen-bond acceptors (Lipinski definition) is 10. The SMILES string of the molecule is C=CC(=O)N1CCC(NC2=CC3=C(Nc4ccc(Oc5ccn(C6=NC(OC)=NCC6)n5)cc4F)CC(C)CNC3C=C2OC)CC1. The molecule has 1 aliphatic carbocycles. The summed E-state index contributed by atoms with van der Waals surface area (Å²) in [4.78, 5) is 22.4. The van der Waals surface area contributed by atoms with Gasteiger partial charge in [0.25, 0.3) is 0 Å². The van der Waals surface area contributed by atoms with Gasteiger partial charge in [0, 0.05) is 49.6 Å². The second kappa shape index (κ2) is 14.2. The number of halogens is 1. The summed E-state index contributed by atoms with van der Waals surface area (Å²) in [5, 5.41) is 15.1. The molecular formula is C34H41FN8O4. The lowest BCUT2D eigenvalue weighted by Crippen LogP contribution is -2.45. The van der Waals surface area contributed by atoms with Crippen molar-refractivity contribution in [2.24, 2.45) is 15.9 Å². The molecule has 2 atom stereocenters. The largest absolute Gasteiger partial charge is 0.495 e. The fourth-order valence-corrected chi connectivity index (χ4v) is 6.14. The van der Waals surface area contributed by atoms with Gasteiger partial charge in [-0.05, 0) is 67.7 Å². The Morgan fingerprint density at radius 2 is 2.02 bits per heavy atom. The minimum atomic E-state index is -0.443. The van der Waals surface area contributed by atoms with E-state index in [0.29, 0.717) is 61.1 Å². The molecule has 4 heterocycles. The summed E-state index contributed by atoms with van der Waals surface area (Å²) in [7, 11) is 3.19. The van der Waals surface area contributed by atoms with Crippen molar-refractivity contribution in [2.45, 2.75) is 44.7 Å². The normalized spacial score (nSPS) is 21.7. The van der Waals surface area contributed by atoms with Crippen molar-refractivity contribution in [3.63, 3.8) is 0 Å². The molecular weight excluding hydrogens is 603 g/mol. The molecule has 0 saturated carbocycles. The number of fused-ring (bicyclic) bond motifs is 1. The van der Waals surface area contributed by atoms with E-state index in [1.807, 2.05) is 4.90 Å². The number of piperidine rings is 1. The summed E-state index contributed by atoms with van der Waals surface area (Å²) >= 11 is 0. The van der Waals surface area contributed by atoms with Crippen LogP contribution in [0.4, 0.5) is 10.1 Å². The maximum atomic E-state index is 15.6. The molecule has 1 amide bonds. The van der Waals surface area contributed by atoms with Crippen molar-refractivity contribution in [3.8, 4) is 11.6 Å². The van der Waals surface area contributed by atoms with Crippen LogP contribution < -0.4 is 20.7 Å². The first-order valence-electron chi connectivity index (χ1n) is 15.9. The van der Waals surface area contributed by atoms with Crippen molar-refractivity contribution < 1.29 is 23.4 Å². The van der Waals surface area contributed by atoms with Crippen LogP contribution in [0.5, 0.6) is 11.6 Å². The molecule has 6 rings (SSSR count). The lowest BCUT2D eigenvalue weighted by molar-refractivity contribution is -0.127.